The molecule has 2 fully saturated rings. The Kier molecular flexibility index (Phi) is 1.91. The quantitative estimate of drug-likeness (QED) is 0.713. The van der Waals surface area contributed by atoms with Gasteiger partial charge in [-0.15, -0.1) is 0 Å². The first kappa shape index (κ1) is 10.7. The third kappa shape index (κ3) is 1.14. The molecule has 0 aromatic heterocycles. The lowest BCUT2D eigenvalue weighted by Crippen LogP contribution is -2.35. The summed E-state index contributed by atoms with van der Waals surface area (Å²) in [6, 6.07) is 0. The number of halogens is 3. The molecule has 15 heavy (non-hydrogen) atoms. The summed E-state index contributed by atoms with van der Waals surface area (Å²) in [4.78, 5) is 12.2. The second kappa shape index (κ2) is 2.66. The van der Waals surface area contributed by atoms with E-state index in [1.165, 1.54) is 11.8 Å². The Hall–Kier alpha value is -0.780. The van der Waals surface area contributed by atoms with Crippen molar-refractivity contribution in [1.29, 1.82) is 0 Å². The van der Waals surface area contributed by atoms with Gasteiger partial charge in [0, 0.05) is 25.4 Å². The molecule has 0 bridgehead atoms. The second-order valence-electron chi connectivity index (χ2n) is 4.57. The van der Waals surface area contributed by atoms with Crippen molar-refractivity contribution in [3.8, 4) is 0 Å². The number of hydrogen-bond acceptors (Lipinski definition) is 2. The Balaban J connectivity index is 2.27. The molecule has 0 aromatic carbocycles. The fourth-order valence-corrected chi connectivity index (χ4v) is 2.68. The summed E-state index contributed by atoms with van der Waals surface area (Å²) < 4.78 is 38.4. The number of aliphatic hydroxyl groups is 1. The normalized spacial score (nSPS) is 39.1. The van der Waals surface area contributed by atoms with Gasteiger partial charge in [0.05, 0.1) is 12.0 Å². The van der Waals surface area contributed by atoms with E-state index >= 15 is 0 Å². The van der Waals surface area contributed by atoms with Crippen LogP contribution in [0.1, 0.15) is 13.3 Å². The topological polar surface area (TPSA) is 40.5 Å². The summed E-state index contributed by atoms with van der Waals surface area (Å²) in [6.07, 6.45) is -4.39. The highest BCUT2D eigenvalue weighted by molar-refractivity contribution is 5.74. The van der Waals surface area contributed by atoms with Crippen LogP contribution in [-0.4, -0.2) is 41.8 Å². The van der Waals surface area contributed by atoms with Gasteiger partial charge in [-0.05, 0) is 6.42 Å². The zero-order valence-electron chi connectivity index (χ0n) is 8.26. The number of carbonyl (C=O) groups is 1. The summed E-state index contributed by atoms with van der Waals surface area (Å²) in [7, 11) is 0. The number of aliphatic hydroxyl groups excluding tert-OH is 1. The average Bonchev–Trinajstić information content (AvgIpc) is 2.65. The maximum atomic E-state index is 12.8. The van der Waals surface area contributed by atoms with Crippen LogP contribution in [0.2, 0.25) is 0 Å². The number of piperidine rings is 1. The zero-order chi connectivity index (χ0) is 11.5. The Morgan fingerprint density at radius 2 is 2.07 bits per heavy atom. The molecule has 1 N–H and O–H groups in total. The van der Waals surface area contributed by atoms with Gasteiger partial charge in [-0.3, -0.25) is 4.79 Å². The molecule has 0 spiro atoms. The van der Waals surface area contributed by atoms with Crippen molar-refractivity contribution in [2.45, 2.75) is 19.5 Å². The summed E-state index contributed by atoms with van der Waals surface area (Å²) >= 11 is 0. The highest BCUT2D eigenvalue weighted by Crippen LogP contribution is 2.74. The number of carbonyl (C=O) groups excluding carboxylic acids is 1. The monoisotopic (exact) mass is 223 g/mol. The maximum absolute atomic E-state index is 12.8. The Morgan fingerprint density at radius 3 is 2.40 bits per heavy atom. The standard InChI is InChI=1S/C9H12F3NO2/c1-6(15)13-3-7(5-14)2-8(7,4-13)9(10,11)12/h14H,2-5H2,1H3/t7-,8-/m1/s1. The molecule has 1 saturated heterocycles. The van der Waals surface area contributed by atoms with Crippen LogP contribution in [0.3, 0.4) is 0 Å². The minimum atomic E-state index is -4.33. The Labute approximate surface area is 84.9 Å². The van der Waals surface area contributed by atoms with Gasteiger partial charge in [0.15, 0.2) is 0 Å². The maximum Gasteiger partial charge on any atom is 0.396 e. The second-order valence-corrected chi connectivity index (χ2v) is 4.57. The molecule has 2 atom stereocenters. The van der Waals surface area contributed by atoms with Crippen LogP contribution < -0.4 is 0 Å². The molecule has 1 aliphatic carbocycles. The number of rotatable bonds is 1. The molecule has 1 amide bonds. The van der Waals surface area contributed by atoms with Gasteiger partial charge in [0.25, 0.3) is 0 Å². The fourth-order valence-electron chi connectivity index (χ4n) is 2.68. The number of likely N-dealkylation sites (tertiary alicyclic amines) is 1. The van der Waals surface area contributed by atoms with E-state index in [9.17, 15) is 18.0 Å². The zero-order valence-corrected chi connectivity index (χ0v) is 8.26. The first-order chi connectivity index (χ1) is 6.78. The fraction of sp³-hybridized carbons (Fsp3) is 0.889. The van der Waals surface area contributed by atoms with Crippen LogP contribution in [0.15, 0.2) is 0 Å². The van der Waals surface area contributed by atoms with Crippen molar-refractivity contribution in [2.24, 2.45) is 10.8 Å². The molecule has 86 valence electrons. The van der Waals surface area contributed by atoms with Gasteiger partial charge in [-0.2, -0.15) is 13.2 Å². The molecular formula is C9H12F3NO2. The third-order valence-electron chi connectivity index (χ3n) is 3.78. The van der Waals surface area contributed by atoms with Crippen molar-refractivity contribution < 1.29 is 23.1 Å². The SMILES string of the molecule is CC(=O)N1C[C@@]2(CO)C[C@@]2(C(F)(F)F)C1. The van der Waals surface area contributed by atoms with Gasteiger partial charge in [0.2, 0.25) is 5.91 Å². The van der Waals surface area contributed by atoms with Gasteiger partial charge in [-0.25, -0.2) is 0 Å². The van der Waals surface area contributed by atoms with Crippen LogP contribution in [0.25, 0.3) is 0 Å². The van der Waals surface area contributed by atoms with E-state index in [0.29, 0.717) is 0 Å². The average molecular weight is 223 g/mol. The molecule has 1 heterocycles. The minimum absolute atomic E-state index is 0.0261. The van der Waals surface area contributed by atoms with Crippen molar-refractivity contribution in [3.05, 3.63) is 0 Å². The van der Waals surface area contributed by atoms with Crippen molar-refractivity contribution in [1.82, 2.24) is 4.90 Å². The highest BCUT2D eigenvalue weighted by Gasteiger charge is 2.83. The number of nitrogens with zero attached hydrogens (tertiary/aromatic N) is 1. The lowest BCUT2D eigenvalue weighted by atomic mass is 9.97. The smallest absolute Gasteiger partial charge is 0.396 e. The minimum Gasteiger partial charge on any atom is -0.396 e. The van der Waals surface area contributed by atoms with E-state index in [4.69, 9.17) is 5.11 Å². The highest BCUT2D eigenvalue weighted by atomic mass is 19.4. The lowest BCUT2D eigenvalue weighted by Gasteiger charge is -2.21. The van der Waals surface area contributed by atoms with Gasteiger partial charge in [0.1, 0.15) is 0 Å². The van der Waals surface area contributed by atoms with Crippen LogP contribution in [-0.2, 0) is 4.79 Å². The number of hydrogen-bond donors (Lipinski definition) is 1. The van der Waals surface area contributed by atoms with Crippen molar-refractivity contribution in [2.75, 3.05) is 19.7 Å². The predicted octanol–water partition coefficient (Wildman–Crippen LogP) is 0.780. The molecule has 1 aliphatic heterocycles. The first-order valence-electron chi connectivity index (χ1n) is 4.71. The van der Waals surface area contributed by atoms with Gasteiger partial charge in [-0.1, -0.05) is 0 Å². The van der Waals surface area contributed by atoms with E-state index < -0.39 is 23.6 Å². The van der Waals surface area contributed by atoms with Crippen LogP contribution >= 0.6 is 0 Å². The summed E-state index contributed by atoms with van der Waals surface area (Å²) in [5.41, 5.74) is -2.97. The van der Waals surface area contributed by atoms with E-state index in [2.05, 4.69) is 0 Å². The Bertz CT molecular complexity index is 317. The summed E-state index contributed by atoms with van der Waals surface area (Å²) in [5.74, 6) is -0.362. The van der Waals surface area contributed by atoms with Crippen LogP contribution in [0, 0.1) is 10.8 Å². The third-order valence-corrected chi connectivity index (χ3v) is 3.78. The van der Waals surface area contributed by atoms with Crippen molar-refractivity contribution >= 4 is 5.91 Å². The van der Waals surface area contributed by atoms with Gasteiger partial charge < -0.3 is 10.0 Å². The number of amides is 1. The Morgan fingerprint density at radius 1 is 1.47 bits per heavy atom. The van der Waals surface area contributed by atoms with Crippen molar-refractivity contribution in [3.63, 3.8) is 0 Å². The number of fused-ring (bicyclic) bond motifs is 1. The summed E-state index contributed by atoms with van der Waals surface area (Å²) in [6.45, 7) is 0.473. The van der Waals surface area contributed by atoms with Crippen LogP contribution in [0.5, 0.6) is 0 Å². The molecule has 1 saturated carbocycles. The van der Waals surface area contributed by atoms with E-state index in [-0.39, 0.29) is 25.4 Å². The molecule has 3 nitrogen and oxygen atoms in total. The molecule has 2 aliphatic rings. The predicted molar refractivity (Wildman–Crippen MR) is 44.9 cm³/mol. The summed E-state index contributed by atoms with van der Waals surface area (Å²) in [5, 5.41) is 9.06. The molecule has 2 rings (SSSR count). The lowest BCUT2D eigenvalue weighted by molar-refractivity contribution is -0.194. The van der Waals surface area contributed by atoms with Gasteiger partial charge >= 0.3 is 6.18 Å². The molecule has 0 unspecified atom stereocenters. The van der Waals surface area contributed by atoms with E-state index in [0.717, 1.165) is 0 Å². The first-order valence-corrected chi connectivity index (χ1v) is 4.71. The largest absolute Gasteiger partial charge is 0.396 e. The molecule has 6 heteroatoms. The molecule has 0 aromatic rings. The van der Waals surface area contributed by atoms with E-state index in [1.54, 1.807) is 0 Å². The molecule has 0 radical (unpaired) electrons. The molecular weight excluding hydrogens is 211 g/mol. The number of alkyl halides is 3. The van der Waals surface area contributed by atoms with E-state index in [1.807, 2.05) is 0 Å². The van der Waals surface area contributed by atoms with Crippen LogP contribution in [0.4, 0.5) is 13.2 Å².